The highest BCUT2D eigenvalue weighted by atomic mass is 127. The first kappa shape index (κ1) is 23.5. The number of quaternary nitrogens is 2. The van der Waals surface area contributed by atoms with Gasteiger partial charge in [0.25, 0.3) is 0 Å². The average molecular weight is 552 g/mol. The van der Waals surface area contributed by atoms with Crippen molar-refractivity contribution in [3.8, 4) is 0 Å². The van der Waals surface area contributed by atoms with Gasteiger partial charge in [-0.15, -0.1) is 0 Å². The van der Waals surface area contributed by atoms with Gasteiger partial charge in [-0.2, -0.15) is 0 Å². The number of hydrogen-bond acceptors (Lipinski definition) is 3. The summed E-state index contributed by atoms with van der Waals surface area (Å²) in [6, 6.07) is -0.136. The monoisotopic (exact) mass is 552 g/mol. The summed E-state index contributed by atoms with van der Waals surface area (Å²) in [6.07, 6.45) is 1.61. The molecule has 7 heteroatoms. The minimum atomic E-state index is -0.136. The molecule has 136 valence electrons. The molecule has 0 N–H and O–H groups in total. The number of rotatable bonds is 6. The SMILES string of the molecule is CC[N+](C)(CC)CCOC(=O)C1CC2CC[N+]1(C)CC2=O.[I-].[I-]. The van der Waals surface area contributed by atoms with Crippen LogP contribution in [0.15, 0.2) is 0 Å². The number of ether oxygens (including phenoxy) is 1. The van der Waals surface area contributed by atoms with Gasteiger partial charge < -0.3 is 61.7 Å². The number of halogens is 2. The van der Waals surface area contributed by atoms with E-state index in [-0.39, 0.29) is 65.9 Å². The van der Waals surface area contributed by atoms with Crippen LogP contribution in [-0.4, -0.2) is 80.2 Å². The smallest absolute Gasteiger partial charge is 0.365 e. The Morgan fingerprint density at radius 1 is 1.30 bits per heavy atom. The molecule has 3 atom stereocenters. The molecule has 3 aliphatic heterocycles. The summed E-state index contributed by atoms with van der Waals surface area (Å²) in [6.45, 7) is 9.17. The van der Waals surface area contributed by atoms with Gasteiger partial charge in [-0.05, 0) is 13.8 Å². The summed E-state index contributed by atoms with van der Waals surface area (Å²) >= 11 is 0. The van der Waals surface area contributed by atoms with E-state index in [9.17, 15) is 9.59 Å². The molecule has 0 saturated carbocycles. The minimum absolute atomic E-state index is 0. The number of likely N-dealkylation sites (N-methyl/N-ethyl adjacent to an activating group) is 2. The summed E-state index contributed by atoms with van der Waals surface area (Å²) in [7, 11) is 4.21. The summed E-state index contributed by atoms with van der Waals surface area (Å²) in [4.78, 5) is 24.3. The van der Waals surface area contributed by atoms with E-state index in [1.807, 2.05) is 7.05 Å². The average Bonchev–Trinajstić information content (AvgIpc) is 2.46. The number of Topliss-reactive ketones (excluding diaryl/α,β-unsaturated/α-hetero) is 1. The molecule has 3 fully saturated rings. The van der Waals surface area contributed by atoms with Gasteiger partial charge in [0, 0.05) is 18.8 Å². The Morgan fingerprint density at radius 3 is 2.39 bits per heavy atom. The number of piperidine rings is 3. The predicted octanol–water partition coefficient (Wildman–Crippen LogP) is -5.17. The van der Waals surface area contributed by atoms with Gasteiger partial charge in [-0.25, -0.2) is 4.79 Å². The van der Waals surface area contributed by atoms with Crippen LogP contribution in [0.1, 0.15) is 26.7 Å². The fourth-order valence-corrected chi connectivity index (χ4v) is 3.57. The second kappa shape index (κ2) is 9.28. The van der Waals surface area contributed by atoms with Crippen molar-refractivity contribution in [2.24, 2.45) is 5.92 Å². The van der Waals surface area contributed by atoms with E-state index < -0.39 is 0 Å². The van der Waals surface area contributed by atoms with Gasteiger partial charge in [0.05, 0.1) is 33.7 Å². The molecule has 0 amide bonds. The first-order chi connectivity index (χ1) is 9.83. The first-order valence-electron chi connectivity index (χ1n) is 8.20. The van der Waals surface area contributed by atoms with Crippen molar-refractivity contribution in [3.05, 3.63) is 0 Å². The molecule has 5 nitrogen and oxygen atoms in total. The van der Waals surface area contributed by atoms with E-state index >= 15 is 0 Å². The molecule has 0 spiro atoms. The molecule has 3 saturated heterocycles. The Morgan fingerprint density at radius 2 is 1.91 bits per heavy atom. The van der Waals surface area contributed by atoms with E-state index in [4.69, 9.17) is 4.74 Å². The lowest BCUT2D eigenvalue weighted by Crippen LogP contribution is -3.00. The van der Waals surface area contributed by atoms with Crippen molar-refractivity contribution in [3.63, 3.8) is 0 Å². The van der Waals surface area contributed by atoms with E-state index in [1.54, 1.807) is 0 Å². The van der Waals surface area contributed by atoms with Crippen molar-refractivity contribution in [2.45, 2.75) is 32.7 Å². The second-order valence-corrected chi connectivity index (χ2v) is 7.21. The van der Waals surface area contributed by atoms with Crippen LogP contribution < -0.4 is 48.0 Å². The molecule has 0 aliphatic carbocycles. The quantitative estimate of drug-likeness (QED) is 0.188. The topological polar surface area (TPSA) is 43.4 Å². The van der Waals surface area contributed by atoms with Crippen molar-refractivity contribution in [2.75, 3.05) is 53.4 Å². The molecule has 0 radical (unpaired) electrons. The molecule has 23 heavy (non-hydrogen) atoms. The molecule has 3 heterocycles. The van der Waals surface area contributed by atoms with Crippen LogP contribution in [0, 0.1) is 5.92 Å². The van der Waals surface area contributed by atoms with Crippen LogP contribution in [0.2, 0.25) is 0 Å². The van der Waals surface area contributed by atoms with Crippen LogP contribution in [0.5, 0.6) is 0 Å². The number of hydrogen-bond donors (Lipinski definition) is 0. The molecule has 3 unspecified atom stereocenters. The lowest BCUT2D eigenvalue weighted by Gasteiger charge is -2.49. The van der Waals surface area contributed by atoms with Gasteiger partial charge >= 0.3 is 5.97 Å². The van der Waals surface area contributed by atoms with E-state index in [2.05, 4.69) is 20.9 Å². The normalized spacial score (nSPS) is 29.5. The number of fused-ring (bicyclic) bond motifs is 3. The number of carbonyl (C=O) groups is 2. The second-order valence-electron chi connectivity index (χ2n) is 7.21. The summed E-state index contributed by atoms with van der Waals surface area (Å²) in [5.74, 6) is 0.317. The maximum absolute atomic E-state index is 12.4. The first-order valence-corrected chi connectivity index (χ1v) is 8.20. The highest BCUT2D eigenvalue weighted by Crippen LogP contribution is 2.35. The predicted molar refractivity (Wildman–Crippen MR) is 80.5 cm³/mol. The maximum Gasteiger partial charge on any atom is 0.365 e. The van der Waals surface area contributed by atoms with Crippen LogP contribution in [-0.2, 0) is 14.3 Å². The van der Waals surface area contributed by atoms with E-state index in [0.29, 0.717) is 29.8 Å². The van der Waals surface area contributed by atoms with Crippen LogP contribution in [0.4, 0.5) is 0 Å². The number of carbonyl (C=O) groups excluding carboxylic acids is 2. The van der Waals surface area contributed by atoms with Gasteiger partial charge in [-0.1, -0.05) is 0 Å². The summed E-state index contributed by atoms with van der Waals surface area (Å²) in [5, 5.41) is 0. The minimum Gasteiger partial charge on any atom is -1.00 e. The largest absolute Gasteiger partial charge is 1.00 e. The highest BCUT2D eigenvalue weighted by molar-refractivity contribution is 5.86. The lowest BCUT2D eigenvalue weighted by molar-refractivity contribution is -0.929. The Kier molecular flexibility index (Phi) is 9.49. The molecule has 0 aromatic heterocycles. The Labute approximate surface area is 174 Å². The third-order valence-electron chi connectivity index (χ3n) is 5.90. The fourth-order valence-electron chi connectivity index (χ4n) is 3.57. The zero-order valence-corrected chi connectivity index (χ0v) is 19.0. The van der Waals surface area contributed by atoms with E-state index in [0.717, 1.165) is 37.1 Å². The van der Waals surface area contributed by atoms with Crippen molar-refractivity contribution < 1.29 is 71.2 Å². The number of nitrogens with zero attached hydrogens (tertiary/aromatic N) is 2. The van der Waals surface area contributed by atoms with Crippen molar-refractivity contribution in [1.82, 2.24) is 0 Å². The number of ketones is 1. The van der Waals surface area contributed by atoms with Crippen LogP contribution in [0.3, 0.4) is 0 Å². The van der Waals surface area contributed by atoms with Crippen LogP contribution >= 0.6 is 0 Å². The third-order valence-corrected chi connectivity index (χ3v) is 5.90. The van der Waals surface area contributed by atoms with Gasteiger partial charge in [0.15, 0.2) is 11.8 Å². The summed E-state index contributed by atoms with van der Waals surface area (Å²) < 4.78 is 7.03. The molecular formula is C16H30I2N2O3. The summed E-state index contributed by atoms with van der Waals surface area (Å²) in [5.41, 5.74) is 0. The molecule has 2 bridgehead atoms. The Bertz CT molecular complexity index is 430. The molecule has 0 aromatic carbocycles. The van der Waals surface area contributed by atoms with Gasteiger partial charge in [0.2, 0.25) is 0 Å². The van der Waals surface area contributed by atoms with Crippen LogP contribution in [0.25, 0.3) is 0 Å². The van der Waals surface area contributed by atoms with E-state index in [1.165, 1.54) is 0 Å². The number of esters is 1. The fraction of sp³-hybridized carbons (Fsp3) is 0.875. The molecule has 3 rings (SSSR count). The van der Waals surface area contributed by atoms with Crippen molar-refractivity contribution >= 4 is 11.8 Å². The molecule has 3 aliphatic rings. The Hall–Kier alpha value is 0.520. The molecule has 0 aromatic rings. The van der Waals surface area contributed by atoms with Gasteiger partial charge in [0.1, 0.15) is 19.7 Å². The Balaban J connectivity index is 0.00000242. The zero-order valence-electron chi connectivity index (χ0n) is 14.7. The maximum atomic E-state index is 12.4. The third kappa shape index (κ3) is 5.24. The molecular weight excluding hydrogens is 522 g/mol. The van der Waals surface area contributed by atoms with Crippen molar-refractivity contribution in [1.29, 1.82) is 0 Å². The lowest BCUT2D eigenvalue weighted by atomic mass is 9.80. The zero-order chi connectivity index (χ0) is 15.7. The highest BCUT2D eigenvalue weighted by Gasteiger charge is 2.53. The van der Waals surface area contributed by atoms with Gasteiger partial charge in [-0.3, -0.25) is 4.79 Å². The standard InChI is InChI=1S/C16H30N2O3.2HI/c1-5-17(3,6-2)9-10-21-16(20)14-11-13-7-8-18(14,4)12-15(13)19;;/h13-14H,5-12H2,1-4H3;2*1H/q+2;;/p-2.